The molecule has 14 heavy (non-hydrogen) atoms. The van der Waals surface area contributed by atoms with Crippen LogP contribution in [0.5, 0.6) is 0 Å². The number of allylic oxidation sites excluding steroid dienone is 1. The Morgan fingerprint density at radius 1 is 1.57 bits per heavy atom. The van der Waals surface area contributed by atoms with Gasteiger partial charge in [0.2, 0.25) is 5.91 Å². The Morgan fingerprint density at radius 3 is 2.64 bits per heavy atom. The number of carbonyl (C=O) groups is 2. The second-order valence-corrected chi connectivity index (χ2v) is 3.15. The van der Waals surface area contributed by atoms with Crippen LogP contribution in [0.15, 0.2) is 11.8 Å². The molecule has 0 radical (unpaired) electrons. The predicted octanol–water partition coefficient (Wildman–Crippen LogP) is -0.881. The van der Waals surface area contributed by atoms with E-state index in [2.05, 4.69) is 5.32 Å². The van der Waals surface area contributed by atoms with Gasteiger partial charge in [0.1, 0.15) is 6.04 Å². The molecule has 0 aromatic carbocycles. The zero-order valence-electron chi connectivity index (χ0n) is 7.43. The van der Waals surface area contributed by atoms with Gasteiger partial charge in [0.25, 0.3) is 0 Å². The Kier molecular flexibility index (Phi) is 3.08. The highest BCUT2D eigenvalue weighted by Gasteiger charge is 2.35. The Bertz CT molecular complexity index is 287. The van der Waals surface area contributed by atoms with Crippen molar-refractivity contribution in [3.8, 4) is 0 Å². The number of amides is 1. The zero-order chi connectivity index (χ0) is 10.7. The fourth-order valence-corrected chi connectivity index (χ4v) is 1.23. The molecule has 6 nitrogen and oxygen atoms in total. The third kappa shape index (κ3) is 2.46. The molecule has 1 amide bonds. The van der Waals surface area contributed by atoms with E-state index in [0.29, 0.717) is 6.42 Å². The van der Waals surface area contributed by atoms with Crippen molar-refractivity contribution in [2.75, 3.05) is 0 Å². The number of aliphatic carboxylic acids is 1. The zero-order valence-corrected chi connectivity index (χ0v) is 7.43. The summed E-state index contributed by atoms with van der Waals surface area (Å²) in [5.41, 5.74) is 5.42. The first-order valence-corrected chi connectivity index (χ1v) is 4.19. The molecule has 1 aliphatic rings. The number of aliphatic hydroxyl groups is 1. The minimum atomic E-state index is -1.19. The first-order chi connectivity index (χ1) is 6.50. The molecule has 0 unspecified atom stereocenters. The summed E-state index contributed by atoms with van der Waals surface area (Å²) >= 11 is 0. The van der Waals surface area contributed by atoms with Gasteiger partial charge in [-0.05, 0) is 6.42 Å². The molecule has 1 rings (SSSR count). The van der Waals surface area contributed by atoms with Gasteiger partial charge in [0, 0.05) is 6.42 Å². The number of hydrogen-bond acceptors (Lipinski definition) is 4. The maximum absolute atomic E-state index is 10.7. The number of carbonyl (C=O) groups excluding carboxylic acids is 1. The van der Waals surface area contributed by atoms with Crippen LogP contribution >= 0.6 is 0 Å². The lowest BCUT2D eigenvalue weighted by Crippen LogP contribution is -2.66. The molecule has 0 saturated carbocycles. The number of β-lactam (4-membered cyclic amide) rings is 1. The topological polar surface area (TPSA) is 113 Å². The summed E-state index contributed by atoms with van der Waals surface area (Å²) in [5.74, 6) is -1.62. The molecule has 2 atom stereocenters. The van der Waals surface area contributed by atoms with Gasteiger partial charge in [0.05, 0.1) is 17.9 Å². The molecular formula is C8H12N2O4. The summed E-state index contributed by atoms with van der Waals surface area (Å²) in [4.78, 5) is 20.8. The third-order valence-electron chi connectivity index (χ3n) is 2.07. The minimum absolute atomic E-state index is 0.160. The SMILES string of the molecule is N[C@@H]1C(=O)N[C@@H]1CC/C(O)=C/C(=O)O. The van der Waals surface area contributed by atoms with Gasteiger partial charge in [-0.15, -0.1) is 0 Å². The lowest BCUT2D eigenvalue weighted by molar-refractivity contribution is -0.132. The fourth-order valence-electron chi connectivity index (χ4n) is 1.23. The van der Waals surface area contributed by atoms with E-state index in [1.807, 2.05) is 0 Å². The van der Waals surface area contributed by atoms with Crippen LogP contribution in [0, 0.1) is 0 Å². The Morgan fingerprint density at radius 2 is 2.21 bits per heavy atom. The summed E-state index contributed by atoms with van der Waals surface area (Å²) in [6, 6.07) is -0.695. The number of rotatable bonds is 4. The lowest BCUT2D eigenvalue weighted by atomic mass is 9.95. The number of nitrogens with one attached hydrogen (secondary N) is 1. The molecule has 0 aromatic heterocycles. The van der Waals surface area contributed by atoms with Crippen molar-refractivity contribution in [1.29, 1.82) is 0 Å². The number of aliphatic hydroxyl groups excluding tert-OH is 1. The van der Waals surface area contributed by atoms with Crippen molar-refractivity contribution in [2.45, 2.75) is 24.9 Å². The second kappa shape index (κ2) is 4.10. The van der Waals surface area contributed by atoms with Crippen LogP contribution in [-0.4, -0.2) is 34.2 Å². The smallest absolute Gasteiger partial charge is 0.331 e. The van der Waals surface area contributed by atoms with Gasteiger partial charge >= 0.3 is 5.97 Å². The van der Waals surface area contributed by atoms with Gasteiger partial charge in [-0.25, -0.2) is 4.79 Å². The molecule has 0 aliphatic carbocycles. The molecule has 78 valence electrons. The average molecular weight is 200 g/mol. The highest BCUT2D eigenvalue weighted by Crippen LogP contribution is 2.12. The third-order valence-corrected chi connectivity index (χ3v) is 2.07. The molecule has 1 fully saturated rings. The number of hydrogen-bond donors (Lipinski definition) is 4. The van der Waals surface area contributed by atoms with Crippen molar-refractivity contribution in [3.05, 3.63) is 11.8 Å². The maximum Gasteiger partial charge on any atom is 0.331 e. The first kappa shape index (κ1) is 10.5. The van der Waals surface area contributed by atoms with E-state index in [4.69, 9.17) is 15.9 Å². The van der Waals surface area contributed by atoms with Gasteiger partial charge in [-0.3, -0.25) is 4.79 Å². The van der Waals surface area contributed by atoms with E-state index in [0.717, 1.165) is 6.08 Å². The van der Waals surface area contributed by atoms with Crippen molar-refractivity contribution < 1.29 is 19.8 Å². The Hall–Kier alpha value is -1.56. The molecule has 1 saturated heterocycles. The maximum atomic E-state index is 10.7. The van der Waals surface area contributed by atoms with Crippen LogP contribution in [-0.2, 0) is 9.59 Å². The van der Waals surface area contributed by atoms with Crippen molar-refractivity contribution >= 4 is 11.9 Å². The van der Waals surface area contributed by atoms with Crippen LogP contribution in [0.4, 0.5) is 0 Å². The molecule has 0 aromatic rings. The number of carboxylic acids is 1. The lowest BCUT2D eigenvalue weighted by Gasteiger charge is -2.33. The summed E-state index contributed by atoms with van der Waals surface area (Å²) in [7, 11) is 0. The summed E-state index contributed by atoms with van der Waals surface area (Å²) < 4.78 is 0. The standard InChI is InChI=1S/C8H12N2O4/c9-7-5(10-8(7)14)2-1-4(11)3-6(12)13/h3,5,7,11H,1-2,9H2,(H,10,14)(H,12,13)/b4-3-/t5-,7+/m1/s1. The van der Waals surface area contributed by atoms with Gasteiger partial charge in [-0.2, -0.15) is 0 Å². The molecular weight excluding hydrogens is 188 g/mol. The van der Waals surface area contributed by atoms with Crippen LogP contribution in [0.2, 0.25) is 0 Å². The molecule has 5 N–H and O–H groups in total. The minimum Gasteiger partial charge on any atom is -0.512 e. The molecule has 1 aliphatic heterocycles. The van der Waals surface area contributed by atoms with E-state index >= 15 is 0 Å². The Balaban J connectivity index is 2.28. The van der Waals surface area contributed by atoms with E-state index in [-0.39, 0.29) is 24.1 Å². The largest absolute Gasteiger partial charge is 0.512 e. The summed E-state index contributed by atoms with van der Waals surface area (Å²) in [6.45, 7) is 0. The van der Waals surface area contributed by atoms with Crippen LogP contribution in [0.25, 0.3) is 0 Å². The van der Waals surface area contributed by atoms with Crippen LogP contribution in [0.1, 0.15) is 12.8 Å². The summed E-state index contributed by atoms with van der Waals surface area (Å²) in [5, 5.41) is 19.9. The second-order valence-electron chi connectivity index (χ2n) is 3.15. The van der Waals surface area contributed by atoms with Crippen molar-refractivity contribution in [2.24, 2.45) is 5.73 Å². The highest BCUT2D eigenvalue weighted by molar-refractivity contribution is 5.88. The average Bonchev–Trinajstić information content (AvgIpc) is 2.10. The highest BCUT2D eigenvalue weighted by atomic mass is 16.4. The predicted molar refractivity (Wildman–Crippen MR) is 47.5 cm³/mol. The van der Waals surface area contributed by atoms with E-state index in [9.17, 15) is 9.59 Å². The molecule has 1 heterocycles. The van der Waals surface area contributed by atoms with Crippen LogP contribution in [0.3, 0.4) is 0 Å². The first-order valence-electron chi connectivity index (χ1n) is 4.19. The summed E-state index contributed by atoms with van der Waals surface area (Å²) in [6.07, 6.45) is 1.37. The fraction of sp³-hybridized carbons (Fsp3) is 0.500. The van der Waals surface area contributed by atoms with E-state index in [1.165, 1.54) is 0 Å². The van der Waals surface area contributed by atoms with E-state index in [1.54, 1.807) is 0 Å². The number of carboxylic acid groups (broad SMARTS) is 1. The normalized spacial score (nSPS) is 26.6. The Labute approximate surface area is 80.4 Å². The van der Waals surface area contributed by atoms with Gasteiger partial charge in [-0.1, -0.05) is 0 Å². The van der Waals surface area contributed by atoms with Gasteiger partial charge in [0.15, 0.2) is 0 Å². The van der Waals surface area contributed by atoms with Gasteiger partial charge < -0.3 is 21.3 Å². The van der Waals surface area contributed by atoms with Crippen molar-refractivity contribution in [3.63, 3.8) is 0 Å². The molecule has 0 spiro atoms. The monoisotopic (exact) mass is 200 g/mol. The van der Waals surface area contributed by atoms with Crippen molar-refractivity contribution in [1.82, 2.24) is 5.32 Å². The number of nitrogens with two attached hydrogens (primary N) is 1. The van der Waals surface area contributed by atoms with Crippen LogP contribution < -0.4 is 11.1 Å². The quantitative estimate of drug-likeness (QED) is 0.267. The van der Waals surface area contributed by atoms with E-state index < -0.39 is 12.0 Å². The molecule has 6 heteroatoms. The molecule has 0 bridgehead atoms.